The van der Waals surface area contributed by atoms with Crippen molar-refractivity contribution < 1.29 is 24.9 Å². The van der Waals surface area contributed by atoms with Crippen molar-refractivity contribution in [3.05, 3.63) is 47.0 Å². The summed E-state index contributed by atoms with van der Waals surface area (Å²) in [7, 11) is 0. The molecule has 0 bridgehead atoms. The van der Waals surface area contributed by atoms with Gasteiger partial charge in [0.15, 0.2) is 0 Å². The van der Waals surface area contributed by atoms with Crippen LogP contribution in [-0.2, 0) is 15.0 Å². The number of nitrogens with two attached hydrogens (primary N) is 1. The van der Waals surface area contributed by atoms with Crippen LogP contribution in [-0.4, -0.2) is 38.9 Å². The molecule has 0 amide bonds. The Morgan fingerprint density at radius 2 is 1.70 bits per heavy atom. The number of halogens is 1. The van der Waals surface area contributed by atoms with Gasteiger partial charge in [0.1, 0.15) is 0 Å². The zero-order chi connectivity index (χ0) is 20.7. The maximum atomic E-state index is 10.3. The molecule has 1 fully saturated rings. The summed E-state index contributed by atoms with van der Waals surface area (Å²) >= 11 is 5.96. The van der Waals surface area contributed by atoms with Crippen LogP contribution >= 0.6 is 11.6 Å². The topological polar surface area (TPSA) is 121 Å². The third-order valence-corrected chi connectivity index (χ3v) is 5.42. The second kappa shape index (κ2) is 9.88. The lowest BCUT2D eigenvalue weighted by Gasteiger charge is -2.48. The molecule has 1 saturated carbocycles. The molecule has 2 rings (SSSR count). The second-order valence-corrected chi connectivity index (χ2v) is 7.62. The van der Waals surface area contributed by atoms with E-state index >= 15 is 0 Å². The van der Waals surface area contributed by atoms with Gasteiger partial charge >= 0.3 is 11.9 Å². The minimum atomic E-state index is -1.26. The van der Waals surface area contributed by atoms with E-state index in [9.17, 15) is 14.7 Å². The first-order valence-corrected chi connectivity index (χ1v) is 9.28. The highest BCUT2D eigenvalue weighted by Gasteiger charge is 2.45. The van der Waals surface area contributed by atoms with Gasteiger partial charge < -0.3 is 21.1 Å². The summed E-state index contributed by atoms with van der Waals surface area (Å²) in [5.41, 5.74) is 7.08. The fraction of sp³-hybridized carbons (Fsp3) is 0.500. The van der Waals surface area contributed by atoms with Crippen molar-refractivity contribution in [2.45, 2.75) is 63.0 Å². The molecule has 27 heavy (non-hydrogen) atoms. The molecule has 6 nitrogen and oxygen atoms in total. The summed E-state index contributed by atoms with van der Waals surface area (Å²) in [6, 6.07) is 8.03. The fourth-order valence-electron chi connectivity index (χ4n) is 3.17. The zero-order valence-electron chi connectivity index (χ0n) is 15.7. The molecule has 0 heterocycles. The zero-order valence-corrected chi connectivity index (χ0v) is 16.4. The van der Waals surface area contributed by atoms with E-state index in [0.29, 0.717) is 18.6 Å². The molecule has 7 heteroatoms. The Balaban J connectivity index is 0.000000387. The van der Waals surface area contributed by atoms with Crippen molar-refractivity contribution >= 4 is 23.5 Å². The molecule has 0 aromatic heterocycles. The Kier molecular flexibility index (Phi) is 8.47. The Morgan fingerprint density at radius 1 is 1.22 bits per heavy atom. The van der Waals surface area contributed by atoms with E-state index < -0.39 is 17.5 Å². The van der Waals surface area contributed by atoms with Crippen LogP contribution in [0.5, 0.6) is 0 Å². The fourth-order valence-corrected chi connectivity index (χ4v) is 3.30. The van der Waals surface area contributed by atoms with Crippen molar-refractivity contribution in [2.24, 2.45) is 5.73 Å². The SMILES string of the molecule is CCC(C)(O)CC(N)C1(c2ccc(Cl)cc2)CCC1.O=C(O)/C=C\C(=O)O. The average molecular weight is 398 g/mol. The molecule has 1 aliphatic rings. The van der Waals surface area contributed by atoms with Gasteiger partial charge in [0.25, 0.3) is 0 Å². The number of aliphatic hydroxyl groups is 1. The molecule has 150 valence electrons. The first kappa shape index (κ1) is 23.1. The Labute approximate surface area is 164 Å². The molecule has 5 N–H and O–H groups in total. The van der Waals surface area contributed by atoms with Gasteiger partial charge in [-0.1, -0.05) is 37.1 Å². The first-order valence-electron chi connectivity index (χ1n) is 8.90. The van der Waals surface area contributed by atoms with E-state index in [1.54, 1.807) is 0 Å². The van der Waals surface area contributed by atoms with Gasteiger partial charge in [0, 0.05) is 28.6 Å². The van der Waals surface area contributed by atoms with Gasteiger partial charge in [-0.05, 0) is 50.3 Å². The highest BCUT2D eigenvalue weighted by atomic mass is 35.5. The third kappa shape index (κ3) is 6.97. The van der Waals surface area contributed by atoms with Crippen LogP contribution in [0.1, 0.15) is 51.5 Å². The summed E-state index contributed by atoms with van der Waals surface area (Å²) in [6.07, 6.45) is 5.92. The number of rotatable bonds is 7. The third-order valence-electron chi connectivity index (χ3n) is 5.16. The predicted molar refractivity (Wildman–Crippen MR) is 105 cm³/mol. The normalized spacial score (nSPS) is 18.6. The number of aliphatic carboxylic acids is 2. The van der Waals surface area contributed by atoms with Crippen LogP contribution in [0.25, 0.3) is 0 Å². The van der Waals surface area contributed by atoms with E-state index in [2.05, 4.69) is 12.1 Å². The minimum Gasteiger partial charge on any atom is -0.478 e. The van der Waals surface area contributed by atoms with E-state index in [1.165, 1.54) is 12.0 Å². The number of carboxylic acid groups (broad SMARTS) is 2. The monoisotopic (exact) mass is 397 g/mol. The molecule has 2 unspecified atom stereocenters. The first-order chi connectivity index (χ1) is 12.5. The van der Waals surface area contributed by atoms with Crippen LogP contribution in [0.15, 0.2) is 36.4 Å². The van der Waals surface area contributed by atoms with Crippen molar-refractivity contribution in [1.82, 2.24) is 0 Å². The molecule has 0 aliphatic heterocycles. The smallest absolute Gasteiger partial charge is 0.328 e. The highest BCUT2D eigenvalue weighted by Crippen LogP contribution is 2.47. The summed E-state index contributed by atoms with van der Waals surface area (Å²) < 4.78 is 0. The Hall–Kier alpha value is -1.89. The van der Waals surface area contributed by atoms with Crippen molar-refractivity contribution in [3.8, 4) is 0 Å². The van der Waals surface area contributed by atoms with Crippen LogP contribution in [0, 0.1) is 0 Å². The number of hydrogen-bond donors (Lipinski definition) is 4. The molecule has 1 aromatic carbocycles. The summed E-state index contributed by atoms with van der Waals surface area (Å²) in [5.74, 6) is -2.51. The van der Waals surface area contributed by atoms with E-state index in [0.717, 1.165) is 24.3 Å². The molecule has 1 aromatic rings. The van der Waals surface area contributed by atoms with Gasteiger partial charge in [0.05, 0.1) is 5.60 Å². The van der Waals surface area contributed by atoms with Crippen molar-refractivity contribution in [3.63, 3.8) is 0 Å². The number of benzene rings is 1. The van der Waals surface area contributed by atoms with E-state index in [4.69, 9.17) is 27.5 Å². The highest BCUT2D eigenvalue weighted by molar-refractivity contribution is 6.30. The lowest BCUT2D eigenvalue weighted by Crippen LogP contribution is -2.53. The van der Waals surface area contributed by atoms with Gasteiger partial charge in [-0.3, -0.25) is 0 Å². The predicted octanol–water partition coefficient (Wildman–Crippen LogP) is 3.35. The maximum Gasteiger partial charge on any atom is 0.328 e. The molecule has 0 saturated heterocycles. The van der Waals surface area contributed by atoms with Crippen molar-refractivity contribution in [1.29, 1.82) is 0 Å². The number of carbonyl (C=O) groups is 2. The van der Waals surface area contributed by atoms with E-state index in [1.807, 2.05) is 26.0 Å². The Bertz CT molecular complexity index is 649. The maximum absolute atomic E-state index is 10.3. The van der Waals surface area contributed by atoms with Gasteiger partial charge in [0.2, 0.25) is 0 Å². The number of carboxylic acids is 2. The minimum absolute atomic E-state index is 0.00243. The molecule has 2 atom stereocenters. The summed E-state index contributed by atoms with van der Waals surface area (Å²) in [5, 5.41) is 26.6. The average Bonchev–Trinajstić information content (AvgIpc) is 2.54. The molecule has 0 spiro atoms. The lowest BCUT2D eigenvalue weighted by molar-refractivity contribution is -0.134. The van der Waals surface area contributed by atoms with Crippen molar-refractivity contribution in [2.75, 3.05) is 0 Å². The molecule has 1 aliphatic carbocycles. The quantitative estimate of drug-likeness (QED) is 0.523. The molecular weight excluding hydrogens is 370 g/mol. The van der Waals surface area contributed by atoms with Crippen LogP contribution in [0.2, 0.25) is 5.02 Å². The standard InChI is InChI=1S/C16H24ClNO.C4H4O4/c1-3-15(2,19)11-14(18)16(9-4-10-16)12-5-7-13(17)8-6-12;5-3(6)1-2-4(7)8/h5-8,14,19H,3-4,9-11,18H2,1-2H3;1-2H,(H,5,6)(H,7,8)/b;2-1-. The molecule has 0 radical (unpaired) electrons. The summed E-state index contributed by atoms with van der Waals surface area (Å²) in [6.45, 7) is 3.88. The number of hydrogen-bond acceptors (Lipinski definition) is 4. The van der Waals surface area contributed by atoms with Crippen LogP contribution in [0.3, 0.4) is 0 Å². The van der Waals surface area contributed by atoms with E-state index in [-0.39, 0.29) is 11.5 Å². The molecular formula is C20H28ClNO5. The van der Waals surface area contributed by atoms with Crippen LogP contribution in [0.4, 0.5) is 0 Å². The van der Waals surface area contributed by atoms with Gasteiger partial charge in [-0.2, -0.15) is 0 Å². The largest absolute Gasteiger partial charge is 0.478 e. The lowest BCUT2D eigenvalue weighted by atomic mass is 9.58. The van der Waals surface area contributed by atoms with Gasteiger partial charge in [-0.25, -0.2) is 9.59 Å². The summed E-state index contributed by atoms with van der Waals surface area (Å²) in [4.78, 5) is 19.1. The Morgan fingerprint density at radius 3 is 2.04 bits per heavy atom. The van der Waals surface area contributed by atoms with Gasteiger partial charge in [-0.15, -0.1) is 0 Å². The van der Waals surface area contributed by atoms with Crippen LogP contribution < -0.4 is 5.73 Å². The second-order valence-electron chi connectivity index (χ2n) is 7.19.